The highest BCUT2D eigenvalue weighted by Gasteiger charge is 2.14. The number of hydrogen-bond donors (Lipinski definition) is 2. The Morgan fingerprint density at radius 1 is 1.44 bits per heavy atom. The quantitative estimate of drug-likeness (QED) is 0.778. The molecule has 0 spiro atoms. The SMILES string of the molecule is CC(N)C(CO)Oc1cccc(N(C)C)c1. The topological polar surface area (TPSA) is 58.7 Å². The summed E-state index contributed by atoms with van der Waals surface area (Å²) in [6.07, 6.45) is -0.364. The van der Waals surface area contributed by atoms with Gasteiger partial charge in [-0.25, -0.2) is 0 Å². The molecule has 0 amide bonds. The zero-order valence-electron chi connectivity index (χ0n) is 10.1. The van der Waals surface area contributed by atoms with Gasteiger partial charge in [-0.2, -0.15) is 0 Å². The normalized spacial score (nSPS) is 14.3. The molecule has 16 heavy (non-hydrogen) atoms. The molecule has 0 aliphatic carbocycles. The van der Waals surface area contributed by atoms with E-state index in [1.54, 1.807) is 0 Å². The molecular weight excluding hydrogens is 204 g/mol. The summed E-state index contributed by atoms with van der Waals surface area (Å²) in [6.45, 7) is 1.74. The summed E-state index contributed by atoms with van der Waals surface area (Å²) in [4.78, 5) is 1.99. The average Bonchev–Trinajstić information content (AvgIpc) is 2.25. The molecule has 2 unspecified atom stereocenters. The van der Waals surface area contributed by atoms with Gasteiger partial charge < -0.3 is 20.5 Å². The molecule has 4 heteroatoms. The molecule has 3 N–H and O–H groups in total. The second-order valence-electron chi connectivity index (χ2n) is 4.09. The number of aliphatic hydroxyl groups excluding tert-OH is 1. The van der Waals surface area contributed by atoms with Crippen LogP contribution in [0.2, 0.25) is 0 Å². The lowest BCUT2D eigenvalue weighted by Crippen LogP contribution is -2.39. The minimum Gasteiger partial charge on any atom is -0.486 e. The van der Waals surface area contributed by atoms with Crippen molar-refractivity contribution in [3.05, 3.63) is 24.3 Å². The van der Waals surface area contributed by atoms with E-state index in [9.17, 15) is 0 Å². The molecule has 0 saturated carbocycles. The largest absolute Gasteiger partial charge is 0.486 e. The van der Waals surface area contributed by atoms with Gasteiger partial charge in [-0.3, -0.25) is 0 Å². The molecule has 4 nitrogen and oxygen atoms in total. The summed E-state index contributed by atoms with van der Waals surface area (Å²) in [7, 11) is 3.93. The van der Waals surface area contributed by atoms with E-state index in [1.807, 2.05) is 50.2 Å². The minimum atomic E-state index is -0.364. The third-order valence-electron chi connectivity index (χ3n) is 2.39. The summed E-state index contributed by atoms with van der Waals surface area (Å²) >= 11 is 0. The van der Waals surface area contributed by atoms with E-state index in [4.69, 9.17) is 15.6 Å². The molecule has 0 saturated heterocycles. The monoisotopic (exact) mass is 224 g/mol. The first-order valence-corrected chi connectivity index (χ1v) is 5.35. The molecule has 0 bridgehead atoms. The first-order valence-electron chi connectivity index (χ1n) is 5.35. The number of benzene rings is 1. The molecule has 0 aliphatic rings. The van der Waals surface area contributed by atoms with Crippen LogP contribution in [0.5, 0.6) is 5.75 Å². The maximum Gasteiger partial charge on any atom is 0.136 e. The van der Waals surface area contributed by atoms with Crippen molar-refractivity contribution in [3.63, 3.8) is 0 Å². The highest BCUT2D eigenvalue weighted by molar-refractivity contribution is 5.49. The third kappa shape index (κ3) is 3.40. The number of aliphatic hydroxyl groups is 1. The van der Waals surface area contributed by atoms with Gasteiger partial charge in [-0.1, -0.05) is 6.07 Å². The fourth-order valence-electron chi connectivity index (χ4n) is 1.32. The van der Waals surface area contributed by atoms with Gasteiger partial charge in [-0.05, 0) is 19.1 Å². The van der Waals surface area contributed by atoms with Gasteiger partial charge in [0.15, 0.2) is 0 Å². The molecule has 1 aromatic rings. The van der Waals surface area contributed by atoms with Gasteiger partial charge in [0.1, 0.15) is 11.9 Å². The smallest absolute Gasteiger partial charge is 0.136 e. The van der Waals surface area contributed by atoms with Crippen LogP contribution in [0.25, 0.3) is 0 Å². The highest BCUT2D eigenvalue weighted by atomic mass is 16.5. The van der Waals surface area contributed by atoms with E-state index in [2.05, 4.69) is 0 Å². The first kappa shape index (κ1) is 12.8. The Balaban J connectivity index is 2.76. The highest BCUT2D eigenvalue weighted by Crippen LogP contribution is 2.20. The molecule has 0 heterocycles. The van der Waals surface area contributed by atoms with Crippen LogP contribution in [0, 0.1) is 0 Å². The van der Waals surface area contributed by atoms with Crippen molar-refractivity contribution in [1.82, 2.24) is 0 Å². The Hall–Kier alpha value is -1.26. The number of nitrogens with two attached hydrogens (primary N) is 1. The summed E-state index contributed by atoms with van der Waals surface area (Å²) < 4.78 is 5.61. The molecule has 1 aromatic carbocycles. The van der Waals surface area contributed by atoms with Gasteiger partial charge in [0.05, 0.1) is 6.61 Å². The molecule has 2 atom stereocenters. The zero-order valence-corrected chi connectivity index (χ0v) is 10.1. The average molecular weight is 224 g/mol. The summed E-state index contributed by atoms with van der Waals surface area (Å²) in [5.74, 6) is 0.725. The van der Waals surface area contributed by atoms with Crippen molar-refractivity contribution in [1.29, 1.82) is 0 Å². The van der Waals surface area contributed by atoms with Crippen molar-refractivity contribution < 1.29 is 9.84 Å². The Bertz CT molecular complexity index is 327. The van der Waals surface area contributed by atoms with Crippen LogP contribution in [-0.2, 0) is 0 Å². The maximum absolute atomic E-state index is 9.12. The van der Waals surface area contributed by atoms with Crippen LogP contribution in [-0.4, -0.2) is 38.0 Å². The Morgan fingerprint density at radius 3 is 2.62 bits per heavy atom. The number of ether oxygens (including phenoxy) is 1. The van der Waals surface area contributed by atoms with E-state index < -0.39 is 0 Å². The number of nitrogens with zero attached hydrogens (tertiary/aromatic N) is 1. The first-order chi connectivity index (χ1) is 7.54. The fourth-order valence-corrected chi connectivity index (χ4v) is 1.32. The lowest BCUT2D eigenvalue weighted by atomic mass is 10.2. The molecule has 1 rings (SSSR count). The van der Waals surface area contributed by atoms with Crippen molar-refractivity contribution in [3.8, 4) is 5.75 Å². The summed E-state index contributed by atoms with van der Waals surface area (Å²) in [6, 6.07) is 7.49. The zero-order chi connectivity index (χ0) is 12.1. The van der Waals surface area contributed by atoms with E-state index in [1.165, 1.54) is 0 Å². The Labute approximate surface area is 96.6 Å². The lowest BCUT2D eigenvalue weighted by molar-refractivity contribution is 0.0991. The van der Waals surface area contributed by atoms with Crippen LogP contribution < -0.4 is 15.4 Å². The van der Waals surface area contributed by atoms with E-state index in [0.717, 1.165) is 11.4 Å². The van der Waals surface area contributed by atoms with Crippen molar-refractivity contribution in [2.24, 2.45) is 5.73 Å². The van der Waals surface area contributed by atoms with Gasteiger partial charge in [0.2, 0.25) is 0 Å². The number of anilines is 1. The van der Waals surface area contributed by atoms with Gasteiger partial charge in [0, 0.05) is 31.9 Å². The van der Waals surface area contributed by atoms with E-state index >= 15 is 0 Å². The molecule has 0 aliphatic heterocycles. The second-order valence-corrected chi connectivity index (χ2v) is 4.09. The van der Waals surface area contributed by atoms with Crippen molar-refractivity contribution in [2.75, 3.05) is 25.6 Å². The third-order valence-corrected chi connectivity index (χ3v) is 2.39. The molecule has 0 aromatic heterocycles. The second kappa shape index (κ2) is 5.72. The molecule has 90 valence electrons. The van der Waals surface area contributed by atoms with Crippen molar-refractivity contribution in [2.45, 2.75) is 19.1 Å². The van der Waals surface area contributed by atoms with E-state index in [-0.39, 0.29) is 18.8 Å². The van der Waals surface area contributed by atoms with Crippen LogP contribution >= 0.6 is 0 Å². The summed E-state index contributed by atoms with van der Waals surface area (Å²) in [5, 5.41) is 9.12. The van der Waals surface area contributed by atoms with Crippen LogP contribution in [0.4, 0.5) is 5.69 Å². The predicted octanol–water partition coefficient (Wildman–Crippen LogP) is 0.839. The van der Waals surface area contributed by atoms with Gasteiger partial charge in [0.25, 0.3) is 0 Å². The molecular formula is C12H20N2O2. The minimum absolute atomic E-state index is 0.0795. The standard InChI is InChI=1S/C12H20N2O2/c1-9(13)12(8-15)16-11-6-4-5-10(7-11)14(2)3/h4-7,9,12,15H,8,13H2,1-3H3. The van der Waals surface area contributed by atoms with E-state index in [0.29, 0.717) is 0 Å². The van der Waals surface area contributed by atoms with Crippen LogP contribution in [0.15, 0.2) is 24.3 Å². The Morgan fingerprint density at radius 2 is 2.12 bits per heavy atom. The summed E-state index contributed by atoms with van der Waals surface area (Å²) in [5.41, 5.74) is 6.75. The van der Waals surface area contributed by atoms with Crippen LogP contribution in [0.1, 0.15) is 6.92 Å². The molecule has 0 radical (unpaired) electrons. The fraction of sp³-hybridized carbons (Fsp3) is 0.500. The lowest BCUT2D eigenvalue weighted by Gasteiger charge is -2.21. The molecule has 0 fully saturated rings. The maximum atomic E-state index is 9.12. The van der Waals surface area contributed by atoms with Crippen molar-refractivity contribution >= 4 is 5.69 Å². The van der Waals surface area contributed by atoms with Gasteiger partial charge in [-0.15, -0.1) is 0 Å². The Kier molecular flexibility index (Phi) is 4.58. The van der Waals surface area contributed by atoms with Gasteiger partial charge >= 0.3 is 0 Å². The predicted molar refractivity (Wildman–Crippen MR) is 65.9 cm³/mol. The van der Waals surface area contributed by atoms with Crippen LogP contribution in [0.3, 0.4) is 0 Å². The number of hydrogen-bond acceptors (Lipinski definition) is 4. The number of rotatable bonds is 5.